The van der Waals surface area contributed by atoms with Gasteiger partial charge in [-0.15, -0.1) is 5.10 Å². The fraction of sp³-hybridized carbons (Fsp3) is 0.727. The molecule has 6 heteroatoms. The lowest BCUT2D eigenvalue weighted by atomic mass is 10.3. The van der Waals surface area contributed by atoms with Crippen LogP contribution in [0.5, 0.6) is 0 Å². The van der Waals surface area contributed by atoms with Crippen LogP contribution in [-0.2, 0) is 0 Å². The highest BCUT2D eigenvalue weighted by molar-refractivity contribution is 5.91. The molecule has 17 heavy (non-hydrogen) atoms. The van der Waals surface area contributed by atoms with Crippen LogP contribution in [0.15, 0.2) is 6.20 Å². The van der Waals surface area contributed by atoms with Crippen LogP contribution < -0.4 is 5.32 Å². The minimum atomic E-state index is -0.0350. The summed E-state index contributed by atoms with van der Waals surface area (Å²) in [4.78, 5) is 13.8. The fourth-order valence-electron chi connectivity index (χ4n) is 2.09. The van der Waals surface area contributed by atoms with E-state index in [1.807, 2.05) is 13.8 Å². The number of rotatable bonds is 4. The minimum Gasteiger partial charge on any atom is -0.338 e. The number of nitrogens with one attached hydrogen (secondary N) is 1. The summed E-state index contributed by atoms with van der Waals surface area (Å²) >= 11 is 0. The molecular weight excluding hydrogens is 218 g/mol. The molecule has 0 aliphatic carbocycles. The van der Waals surface area contributed by atoms with Crippen LogP contribution in [0.25, 0.3) is 0 Å². The van der Waals surface area contributed by atoms with Crippen molar-refractivity contribution >= 4 is 5.91 Å². The van der Waals surface area contributed by atoms with E-state index in [0.29, 0.717) is 24.8 Å². The highest BCUT2D eigenvalue weighted by Gasteiger charge is 2.21. The van der Waals surface area contributed by atoms with Crippen LogP contribution in [0.2, 0.25) is 0 Å². The highest BCUT2D eigenvalue weighted by Crippen LogP contribution is 2.13. The van der Waals surface area contributed by atoms with Gasteiger partial charge in [0.15, 0.2) is 5.69 Å². The van der Waals surface area contributed by atoms with Crippen molar-refractivity contribution in [3.8, 4) is 0 Å². The van der Waals surface area contributed by atoms with Crippen LogP contribution in [0.4, 0.5) is 0 Å². The number of nitrogens with zero attached hydrogens (tertiary/aromatic N) is 4. The third kappa shape index (κ3) is 2.46. The molecule has 1 unspecified atom stereocenters. The molecule has 0 spiro atoms. The van der Waals surface area contributed by atoms with Crippen molar-refractivity contribution < 1.29 is 4.79 Å². The van der Waals surface area contributed by atoms with Crippen molar-refractivity contribution in [2.45, 2.75) is 26.3 Å². The Balaban J connectivity index is 2.09. The number of aromatic nitrogens is 3. The smallest absolute Gasteiger partial charge is 0.276 e. The summed E-state index contributed by atoms with van der Waals surface area (Å²) in [5.41, 5.74) is 0.445. The summed E-state index contributed by atoms with van der Waals surface area (Å²) in [5.74, 6) is -0.0350. The lowest BCUT2D eigenvalue weighted by Crippen LogP contribution is -2.30. The molecule has 6 nitrogen and oxygen atoms in total. The van der Waals surface area contributed by atoms with Crippen molar-refractivity contribution in [3.63, 3.8) is 0 Å². The standard InChI is InChI=1S/C11H19N5O/c1-3-15(4-2)11(17)10-8-16(14-13-10)9-5-6-12-7-9/h8-9,12H,3-7H2,1-2H3. The molecular formula is C11H19N5O. The Morgan fingerprint density at radius 3 is 2.94 bits per heavy atom. The zero-order chi connectivity index (χ0) is 12.3. The Hall–Kier alpha value is -1.43. The van der Waals surface area contributed by atoms with E-state index in [9.17, 15) is 4.79 Å². The lowest BCUT2D eigenvalue weighted by Gasteiger charge is -2.16. The Bertz CT molecular complexity index is 379. The second-order valence-electron chi connectivity index (χ2n) is 4.21. The fourth-order valence-corrected chi connectivity index (χ4v) is 2.09. The van der Waals surface area contributed by atoms with Gasteiger partial charge >= 0.3 is 0 Å². The number of hydrogen-bond donors (Lipinski definition) is 1. The number of amides is 1. The average molecular weight is 237 g/mol. The lowest BCUT2D eigenvalue weighted by molar-refractivity contribution is 0.0767. The molecule has 2 rings (SSSR count). The van der Waals surface area contributed by atoms with E-state index in [1.165, 1.54) is 0 Å². The predicted octanol–water partition coefficient (Wildman–Crippen LogP) is 0.295. The summed E-state index contributed by atoms with van der Waals surface area (Å²) in [6.07, 6.45) is 2.81. The predicted molar refractivity (Wildman–Crippen MR) is 63.8 cm³/mol. The monoisotopic (exact) mass is 237 g/mol. The normalized spacial score (nSPS) is 19.5. The highest BCUT2D eigenvalue weighted by atomic mass is 16.2. The molecule has 1 saturated heterocycles. The largest absolute Gasteiger partial charge is 0.338 e. The topological polar surface area (TPSA) is 63.1 Å². The molecule has 94 valence electrons. The van der Waals surface area contributed by atoms with Crippen molar-refractivity contribution in [2.75, 3.05) is 26.2 Å². The number of carbonyl (C=O) groups is 1. The van der Waals surface area contributed by atoms with Gasteiger partial charge in [0.1, 0.15) is 0 Å². The first-order valence-corrected chi connectivity index (χ1v) is 6.18. The maximum atomic E-state index is 12.0. The first-order valence-electron chi connectivity index (χ1n) is 6.18. The minimum absolute atomic E-state index is 0.0350. The van der Waals surface area contributed by atoms with E-state index < -0.39 is 0 Å². The van der Waals surface area contributed by atoms with Crippen LogP contribution in [0.1, 0.15) is 36.8 Å². The van der Waals surface area contributed by atoms with E-state index in [0.717, 1.165) is 19.5 Å². The third-order valence-electron chi connectivity index (χ3n) is 3.19. The van der Waals surface area contributed by atoms with Crippen LogP contribution >= 0.6 is 0 Å². The summed E-state index contributed by atoms with van der Waals surface area (Å²) in [6, 6.07) is 0.334. The maximum Gasteiger partial charge on any atom is 0.276 e. The zero-order valence-corrected chi connectivity index (χ0v) is 10.4. The molecule has 0 aromatic carbocycles. The molecule has 0 radical (unpaired) electrons. The number of hydrogen-bond acceptors (Lipinski definition) is 4. The van der Waals surface area contributed by atoms with Crippen molar-refractivity contribution in [1.82, 2.24) is 25.2 Å². The second kappa shape index (κ2) is 5.27. The van der Waals surface area contributed by atoms with Gasteiger partial charge in [0.05, 0.1) is 12.2 Å². The van der Waals surface area contributed by atoms with Gasteiger partial charge in [-0.3, -0.25) is 4.79 Å². The first-order chi connectivity index (χ1) is 8.26. The Morgan fingerprint density at radius 2 is 2.35 bits per heavy atom. The third-order valence-corrected chi connectivity index (χ3v) is 3.19. The molecule has 1 amide bonds. The summed E-state index contributed by atoms with van der Waals surface area (Å²) in [5, 5.41) is 11.3. The van der Waals surface area contributed by atoms with Gasteiger partial charge in [0, 0.05) is 19.6 Å². The molecule has 1 atom stereocenters. The molecule has 1 N–H and O–H groups in total. The van der Waals surface area contributed by atoms with E-state index in [2.05, 4.69) is 15.6 Å². The molecule has 1 aliphatic rings. The molecule has 1 fully saturated rings. The summed E-state index contributed by atoms with van der Waals surface area (Å²) in [7, 11) is 0. The van der Waals surface area contributed by atoms with Gasteiger partial charge in [-0.2, -0.15) is 0 Å². The van der Waals surface area contributed by atoms with Crippen molar-refractivity contribution in [1.29, 1.82) is 0 Å². The number of carbonyl (C=O) groups excluding carboxylic acids is 1. The molecule has 1 aromatic heterocycles. The van der Waals surface area contributed by atoms with E-state index in [-0.39, 0.29) is 5.91 Å². The first kappa shape index (κ1) is 12.0. The van der Waals surface area contributed by atoms with E-state index in [4.69, 9.17) is 0 Å². The molecule has 1 aliphatic heterocycles. The molecule has 0 saturated carbocycles. The molecule has 0 bridgehead atoms. The van der Waals surface area contributed by atoms with Crippen molar-refractivity contribution in [3.05, 3.63) is 11.9 Å². The van der Waals surface area contributed by atoms with E-state index >= 15 is 0 Å². The van der Waals surface area contributed by atoms with Crippen LogP contribution in [0, 0.1) is 0 Å². The van der Waals surface area contributed by atoms with Gasteiger partial charge in [-0.25, -0.2) is 4.68 Å². The van der Waals surface area contributed by atoms with E-state index in [1.54, 1.807) is 15.8 Å². The maximum absolute atomic E-state index is 12.0. The van der Waals surface area contributed by atoms with Gasteiger partial charge < -0.3 is 10.2 Å². The van der Waals surface area contributed by atoms with Gasteiger partial charge in [0.25, 0.3) is 5.91 Å². The summed E-state index contributed by atoms with van der Waals surface area (Å²) < 4.78 is 1.80. The Kier molecular flexibility index (Phi) is 3.73. The second-order valence-corrected chi connectivity index (χ2v) is 4.21. The summed E-state index contributed by atoms with van der Waals surface area (Å²) in [6.45, 7) is 7.24. The Labute approximate surface area is 101 Å². The zero-order valence-electron chi connectivity index (χ0n) is 10.4. The SMILES string of the molecule is CCN(CC)C(=O)c1cn(C2CCNC2)nn1. The molecule has 2 heterocycles. The Morgan fingerprint density at radius 1 is 1.59 bits per heavy atom. The van der Waals surface area contributed by atoms with Crippen LogP contribution in [-0.4, -0.2) is 52.0 Å². The van der Waals surface area contributed by atoms with Gasteiger partial charge in [-0.1, -0.05) is 5.21 Å². The molecule has 1 aromatic rings. The van der Waals surface area contributed by atoms with Gasteiger partial charge in [-0.05, 0) is 26.8 Å². The van der Waals surface area contributed by atoms with Crippen molar-refractivity contribution in [2.24, 2.45) is 0 Å². The van der Waals surface area contributed by atoms with Gasteiger partial charge in [0.2, 0.25) is 0 Å². The quantitative estimate of drug-likeness (QED) is 0.818. The average Bonchev–Trinajstić information content (AvgIpc) is 3.01. The van der Waals surface area contributed by atoms with Crippen LogP contribution in [0.3, 0.4) is 0 Å².